The van der Waals surface area contributed by atoms with Gasteiger partial charge in [-0.25, -0.2) is 19.0 Å². The number of halogens is 1. The summed E-state index contributed by atoms with van der Waals surface area (Å²) in [5.74, 6) is 1.09. The van der Waals surface area contributed by atoms with Crippen molar-refractivity contribution in [2.24, 2.45) is 11.8 Å². The molecular weight excluding hydrogens is 517 g/mol. The molecule has 9 nitrogen and oxygen atoms in total. The molecule has 2 atom stereocenters. The predicted octanol–water partition coefficient (Wildman–Crippen LogP) is 5.90. The number of benzene rings is 2. The molecule has 10 heteroatoms. The van der Waals surface area contributed by atoms with Gasteiger partial charge in [0, 0.05) is 44.1 Å². The third-order valence-corrected chi connectivity index (χ3v) is 6.82. The number of nitrogens with zero attached hydrogens (tertiary/aromatic N) is 3. The Balaban J connectivity index is 1.25. The number of fused-ring (bicyclic) bond motifs is 1. The molecule has 0 bridgehead atoms. The molecule has 0 spiro atoms. The van der Waals surface area contributed by atoms with E-state index in [1.165, 1.54) is 19.2 Å². The first-order valence-electron chi connectivity index (χ1n) is 13.1. The molecule has 2 aromatic carbocycles. The van der Waals surface area contributed by atoms with Gasteiger partial charge in [-0.2, -0.15) is 0 Å². The highest BCUT2D eigenvalue weighted by Gasteiger charge is 2.43. The van der Waals surface area contributed by atoms with Crippen LogP contribution in [0.25, 0.3) is 0 Å². The lowest BCUT2D eigenvalue weighted by molar-refractivity contribution is 0.0282. The number of esters is 1. The minimum absolute atomic E-state index is 0.116. The Kier molecular flexibility index (Phi) is 7.51. The highest BCUT2D eigenvalue weighted by molar-refractivity contribution is 5.93. The molecule has 3 aromatic rings. The Morgan fingerprint density at radius 2 is 1.55 bits per heavy atom. The summed E-state index contributed by atoms with van der Waals surface area (Å²) in [6.45, 7) is 8.32. The van der Waals surface area contributed by atoms with Gasteiger partial charge in [0.2, 0.25) is 5.88 Å². The van der Waals surface area contributed by atoms with E-state index in [1.54, 1.807) is 53.6 Å². The zero-order valence-corrected chi connectivity index (χ0v) is 22.9. The van der Waals surface area contributed by atoms with Gasteiger partial charge in [0.25, 0.3) is 0 Å². The Labute approximate surface area is 232 Å². The van der Waals surface area contributed by atoms with Crippen molar-refractivity contribution in [3.05, 3.63) is 72.2 Å². The van der Waals surface area contributed by atoms with Gasteiger partial charge in [0.1, 0.15) is 34.2 Å². The number of carbonyl (C=O) groups excluding carboxylic acids is 2. The Morgan fingerprint density at radius 3 is 2.15 bits per heavy atom. The van der Waals surface area contributed by atoms with E-state index in [4.69, 9.17) is 18.9 Å². The normalized spacial score (nSPS) is 18.3. The summed E-state index contributed by atoms with van der Waals surface area (Å²) < 4.78 is 35.5. The molecule has 2 aliphatic rings. The van der Waals surface area contributed by atoms with E-state index in [-0.39, 0.29) is 23.4 Å². The molecule has 2 saturated heterocycles. The van der Waals surface area contributed by atoms with Crippen LogP contribution in [0.3, 0.4) is 0 Å². The number of anilines is 1. The minimum Gasteiger partial charge on any atom is -0.465 e. The Bertz CT molecular complexity index is 1380. The van der Waals surface area contributed by atoms with E-state index >= 15 is 0 Å². The number of hydrogen-bond donors (Lipinski definition) is 0. The van der Waals surface area contributed by atoms with Crippen molar-refractivity contribution in [3.8, 4) is 23.1 Å². The van der Waals surface area contributed by atoms with Crippen LogP contribution in [0.15, 0.2) is 60.8 Å². The Morgan fingerprint density at radius 1 is 0.900 bits per heavy atom. The van der Waals surface area contributed by atoms with Crippen LogP contribution in [0.5, 0.6) is 23.1 Å². The average molecular weight is 550 g/mol. The monoisotopic (exact) mass is 549 g/mol. The van der Waals surface area contributed by atoms with E-state index in [9.17, 15) is 14.0 Å². The van der Waals surface area contributed by atoms with Crippen molar-refractivity contribution < 1.29 is 32.9 Å². The fraction of sp³-hybridized carbons (Fsp3) is 0.367. The number of aromatic nitrogens is 1. The third-order valence-electron chi connectivity index (χ3n) is 6.82. The van der Waals surface area contributed by atoms with E-state index in [0.717, 1.165) is 18.8 Å². The fourth-order valence-electron chi connectivity index (χ4n) is 4.99. The van der Waals surface area contributed by atoms with Crippen LogP contribution in [-0.2, 0) is 9.47 Å². The van der Waals surface area contributed by atoms with Crippen LogP contribution in [0.4, 0.5) is 14.9 Å². The molecule has 3 heterocycles. The van der Waals surface area contributed by atoms with Crippen LogP contribution >= 0.6 is 0 Å². The van der Waals surface area contributed by atoms with Gasteiger partial charge in [0.15, 0.2) is 0 Å². The molecule has 2 fully saturated rings. The molecule has 210 valence electrons. The summed E-state index contributed by atoms with van der Waals surface area (Å²) in [5, 5.41) is 0. The topological polar surface area (TPSA) is 90.4 Å². The van der Waals surface area contributed by atoms with Crippen molar-refractivity contribution in [1.82, 2.24) is 9.88 Å². The highest BCUT2D eigenvalue weighted by atomic mass is 19.1. The molecule has 2 unspecified atom stereocenters. The summed E-state index contributed by atoms with van der Waals surface area (Å²) >= 11 is 0. The van der Waals surface area contributed by atoms with Crippen LogP contribution in [0.2, 0.25) is 0 Å². The van der Waals surface area contributed by atoms with Gasteiger partial charge in [-0.1, -0.05) is 6.07 Å². The molecular formula is C30H32FN3O6. The number of ether oxygens (including phenoxy) is 4. The van der Waals surface area contributed by atoms with E-state index < -0.39 is 11.6 Å². The van der Waals surface area contributed by atoms with Crippen molar-refractivity contribution in [1.29, 1.82) is 0 Å². The smallest absolute Gasteiger partial charge is 0.410 e. The van der Waals surface area contributed by atoms with Crippen molar-refractivity contribution in [3.63, 3.8) is 0 Å². The summed E-state index contributed by atoms with van der Waals surface area (Å²) in [6.07, 6.45) is 1.40. The largest absolute Gasteiger partial charge is 0.465 e. The number of pyridine rings is 1. The molecule has 0 saturated carbocycles. The van der Waals surface area contributed by atoms with Gasteiger partial charge < -0.3 is 28.7 Å². The second kappa shape index (κ2) is 11.0. The van der Waals surface area contributed by atoms with Crippen molar-refractivity contribution in [2.75, 3.05) is 38.2 Å². The lowest BCUT2D eigenvalue weighted by Gasteiger charge is -2.26. The number of likely N-dealkylation sites (tertiary alicyclic amines) is 1. The van der Waals surface area contributed by atoms with Crippen LogP contribution in [-0.4, -0.2) is 60.8 Å². The maximum absolute atomic E-state index is 13.4. The maximum Gasteiger partial charge on any atom is 0.410 e. The first-order valence-corrected chi connectivity index (χ1v) is 13.1. The zero-order valence-electron chi connectivity index (χ0n) is 22.9. The van der Waals surface area contributed by atoms with Crippen LogP contribution in [0.1, 0.15) is 31.1 Å². The summed E-state index contributed by atoms with van der Waals surface area (Å²) in [6, 6.07) is 14.3. The number of amides is 1. The summed E-state index contributed by atoms with van der Waals surface area (Å²) in [7, 11) is 1.31. The minimum atomic E-state index is -0.564. The molecule has 1 amide bonds. The Hall–Kier alpha value is -4.34. The second-order valence-corrected chi connectivity index (χ2v) is 11.0. The highest BCUT2D eigenvalue weighted by Crippen LogP contribution is 2.36. The quantitative estimate of drug-likeness (QED) is 0.352. The standard InChI is InChI=1S/C30H32FN3O6/c1-30(2,3)40-29(36)34-17-19-15-33(16-20(19)18-34)22-13-26(28(35)37-4)27(32-14-22)39-24-10-8-23(9-11-24)38-25-7-5-6-21(31)12-25/h5-14,19-20H,15-18H2,1-4H3. The molecule has 1 aromatic heterocycles. The van der Waals surface area contributed by atoms with Gasteiger partial charge >= 0.3 is 12.1 Å². The first kappa shape index (κ1) is 27.2. The SMILES string of the molecule is COC(=O)c1cc(N2CC3CN(C(=O)OC(C)(C)C)CC3C2)cnc1Oc1ccc(Oc2cccc(F)c2)cc1. The number of hydrogen-bond acceptors (Lipinski definition) is 8. The summed E-state index contributed by atoms with van der Waals surface area (Å²) in [4.78, 5) is 33.5. The van der Waals surface area contributed by atoms with Crippen LogP contribution < -0.4 is 14.4 Å². The first-order chi connectivity index (χ1) is 19.1. The van der Waals surface area contributed by atoms with Gasteiger partial charge in [-0.05, 0) is 63.2 Å². The average Bonchev–Trinajstić information content (AvgIpc) is 3.49. The lowest BCUT2D eigenvalue weighted by Crippen LogP contribution is -2.37. The maximum atomic E-state index is 13.4. The molecule has 5 rings (SSSR count). The van der Waals surface area contributed by atoms with E-state index in [2.05, 4.69) is 9.88 Å². The molecule has 0 N–H and O–H groups in total. The lowest BCUT2D eigenvalue weighted by atomic mass is 10.0. The van der Waals surface area contributed by atoms with Gasteiger partial charge in [-0.3, -0.25) is 0 Å². The van der Waals surface area contributed by atoms with Crippen molar-refractivity contribution in [2.45, 2.75) is 26.4 Å². The summed E-state index contributed by atoms with van der Waals surface area (Å²) in [5.41, 5.74) is 0.455. The third kappa shape index (κ3) is 6.27. The van der Waals surface area contributed by atoms with Gasteiger partial charge in [0.05, 0.1) is 19.0 Å². The molecule has 40 heavy (non-hydrogen) atoms. The zero-order chi connectivity index (χ0) is 28.4. The van der Waals surface area contributed by atoms with Crippen molar-refractivity contribution >= 4 is 17.7 Å². The molecule has 2 aliphatic heterocycles. The van der Waals surface area contributed by atoms with Crippen LogP contribution in [0, 0.1) is 17.7 Å². The van der Waals surface area contributed by atoms with E-state index in [0.29, 0.717) is 42.2 Å². The molecule has 0 aliphatic carbocycles. The predicted molar refractivity (Wildman–Crippen MR) is 146 cm³/mol. The fourth-order valence-corrected chi connectivity index (χ4v) is 4.99. The van der Waals surface area contributed by atoms with Gasteiger partial charge in [-0.15, -0.1) is 0 Å². The number of methoxy groups -OCH3 is 1. The number of rotatable bonds is 6. The number of carbonyl (C=O) groups is 2. The van der Waals surface area contributed by atoms with E-state index in [1.807, 2.05) is 20.8 Å². The second-order valence-electron chi connectivity index (χ2n) is 11.0. The molecule has 0 radical (unpaired) electrons.